The van der Waals surface area contributed by atoms with Crippen LogP contribution in [0.1, 0.15) is 28.9 Å². The van der Waals surface area contributed by atoms with Gasteiger partial charge in [0.15, 0.2) is 5.82 Å². The molecule has 6 heteroatoms. The van der Waals surface area contributed by atoms with Crippen molar-refractivity contribution in [1.82, 2.24) is 15.2 Å². The zero-order chi connectivity index (χ0) is 17.1. The van der Waals surface area contributed by atoms with Gasteiger partial charge in [-0.1, -0.05) is 6.07 Å². The van der Waals surface area contributed by atoms with Crippen LogP contribution >= 0.6 is 0 Å². The van der Waals surface area contributed by atoms with Crippen LogP contribution in [-0.4, -0.2) is 34.8 Å². The van der Waals surface area contributed by atoms with Gasteiger partial charge in [-0.05, 0) is 50.8 Å². The van der Waals surface area contributed by atoms with Crippen LogP contribution in [0.15, 0.2) is 18.2 Å². The molecule has 1 atom stereocenters. The van der Waals surface area contributed by atoms with Crippen molar-refractivity contribution in [2.45, 2.75) is 27.2 Å². The summed E-state index contributed by atoms with van der Waals surface area (Å²) >= 11 is 0. The summed E-state index contributed by atoms with van der Waals surface area (Å²) in [6.07, 6.45) is 1.07. The first-order valence-corrected chi connectivity index (χ1v) is 8.25. The molecule has 0 unspecified atom stereocenters. The van der Waals surface area contributed by atoms with Crippen LogP contribution in [0.3, 0.4) is 0 Å². The lowest BCUT2D eigenvalue weighted by Crippen LogP contribution is -2.25. The summed E-state index contributed by atoms with van der Waals surface area (Å²) in [5.74, 6) is 2.14. The van der Waals surface area contributed by atoms with E-state index in [-0.39, 0.29) is 0 Å². The zero-order valence-electron chi connectivity index (χ0n) is 14.4. The van der Waals surface area contributed by atoms with Crippen molar-refractivity contribution in [3.05, 3.63) is 40.7 Å². The van der Waals surface area contributed by atoms with Crippen molar-refractivity contribution in [1.29, 1.82) is 5.26 Å². The molecule has 1 saturated heterocycles. The first-order valence-electron chi connectivity index (χ1n) is 8.25. The first kappa shape index (κ1) is 16.2. The average Bonchev–Trinajstić information content (AvgIpc) is 3.04. The number of nitrogens with one attached hydrogen (secondary N) is 1. The summed E-state index contributed by atoms with van der Waals surface area (Å²) in [5.41, 5.74) is 3.40. The van der Waals surface area contributed by atoms with E-state index in [1.807, 2.05) is 39.0 Å². The van der Waals surface area contributed by atoms with E-state index < -0.39 is 0 Å². The monoisotopic (exact) mass is 322 g/mol. The maximum Gasteiger partial charge on any atom is 0.169 e. The Labute approximate surface area is 142 Å². The molecule has 0 amide bonds. The van der Waals surface area contributed by atoms with Gasteiger partial charge in [-0.25, -0.2) is 4.98 Å². The average molecular weight is 322 g/mol. The molecule has 0 bridgehead atoms. The molecule has 0 radical (unpaired) electrons. The van der Waals surface area contributed by atoms with Crippen LogP contribution in [0, 0.1) is 38.0 Å². The van der Waals surface area contributed by atoms with Crippen molar-refractivity contribution >= 4 is 11.6 Å². The number of aromatic nitrogens is 3. The fourth-order valence-electron chi connectivity index (χ4n) is 3.03. The summed E-state index contributed by atoms with van der Waals surface area (Å²) in [6.45, 7) is 8.46. The van der Waals surface area contributed by atoms with Gasteiger partial charge in [0.25, 0.3) is 0 Å². The Morgan fingerprint density at radius 1 is 1.29 bits per heavy atom. The molecule has 3 heterocycles. The molecule has 0 aromatic carbocycles. The maximum absolute atomic E-state index is 9.46. The second-order valence-electron chi connectivity index (χ2n) is 6.37. The Morgan fingerprint density at radius 2 is 2.12 bits per heavy atom. The number of rotatable bonds is 4. The lowest BCUT2D eigenvalue weighted by atomic mass is 10.1. The predicted molar refractivity (Wildman–Crippen MR) is 94.0 cm³/mol. The van der Waals surface area contributed by atoms with Crippen LogP contribution in [0.2, 0.25) is 0 Å². The molecule has 2 aromatic rings. The third-order valence-electron chi connectivity index (χ3n) is 4.59. The van der Waals surface area contributed by atoms with Crippen LogP contribution in [0.4, 0.5) is 11.6 Å². The standard InChI is InChI=1S/C18H22N6/c1-12-5-4-6-17(21-12)20-10-15-7-8-24(11-15)18-16(9-19)13(2)14(3)22-23-18/h4-6,15H,7-8,10-11H2,1-3H3,(H,20,21)/t15-/m0/s1. The maximum atomic E-state index is 9.46. The van der Waals surface area contributed by atoms with Crippen molar-refractivity contribution in [2.24, 2.45) is 5.92 Å². The SMILES string of the molecule is Cc1cccc(NC[C@@H]2CCN(c3nnc(C)c(C)c3C#N)C2)n1. The van der Waals surface area contributed by atoms with Gasteiger partial charge in [0, 0.05) is 25.3 Å². The van der Waals surface area contributed by atoms with Crippen LogP contribution in [-0.2, 0) is 0 Å². The molecule has 0 aliphatic carbocycles. The van der Waals surface area contributed by atoms with Crippen molar-refractivity contribution in [3.63, 3.8) is 0 Å². The highest BCUT2D eigenvalue weighted by Crippen LogP contribution is 2.27. The molecule has 2 aromatic heterocycles. The molecule has 24 heavy (non-hydrogen) atoms. The van der Waals surface area contributed by atoms with Gasteiger partial charge in [-0.2, -0.15) is 10.4 Å². The number of hydrogen-bond donors (Lipinski definition) is 1. The summed E-state index contributed by atoms with van der Waals surface area (Å²) in [4.78, 5) is 6.64. The normalized spacial score (nSPS) is 16.9. The largest absolute Gasteiger partial charge is 0.370 e. The molecule has 1 aliphatic heterocycles. The van der Waals surface area contributed by atoms with E-state index in [1.165, 1.54) is 0 Å². The first-order chi connectivity index (χ1) is 11.6. The van der Waals surface area contributed by atoms with Gasteiger partial charge in [-0.15, -0.1) is 5.10 Å². The van der Waals surface area contributed by atoms with E-state index in [1.54, 1.807) is 0 Å². The minimum atomic E-state index is 0.502. The molecule has 0 saturated carbocycles. The Morgan fingerprint density at radius 3 is 2.88 bits per heavy atom. The van der Waals surface area contributed by atoms with Crippen LogP contribution in [0.25, 0.3) is 0 Å². The number of aryl methyl sites for hydroxylation is 2. The van der Waals surface area contributed by atoms with Gasteiger partial charge in [0.05, 0.1) is 5.69 Å². The Bertz CT molecular complexity index is 780. The molecular weight excluding hydrogens is 300 g/mol. The predicted octanol–water partition coefficient (Wildman–Crippen LogP) is 2.61. The highest BCUT2D eigenvalue weighted by molar-refractivity contribution is 5.58. The summed E-state index contributed by atoms with van der Waals surface area (Å²) in [6, 6.07) is 8.28. The Balaban J connectivity index is 1.66. The van der Waals surface area contributed by atoms with Crippen LogP contribution in [0.5, 0.6) is 0 Å². The molecule has 0 spiro atoms. The third kappa shape index (κ3) is 3.30. The topological polar surface area (TPSA) is 77.7 Å². The molecular formula is C18H22N6. The fraction of sp³-hybridized carbons (Fsp3) is 0.444. The van der Waals surface area contributed by atoms with E-state index in [9.17, 15) is 5.26 Å². The molecule has 1 fully saturated rings. The summed E-state index contributed by atoms with van der Waals surface area (Å²) in [5, 5.41) is 21.3. The number of anilines is 2. The third-order valence-corrected chi connectivity index (χ3v) is 4.59. The molecule has 3 rings (SSSR count). The lowest BCUT2D eigenvalue weighted by molar-refractivity contribution is 0.620. The number of hydrogen-bond acceptors (Lipinski definition) is 6. The molecule has 1 N–H and O–H groups in total. The fourth-order valence-corrected chi connectivity index (χ4v) is 3.03. The summed E-state index contributed by atoms with van der Waals surface area (Å²) < 4.78 is 0. The Hall–Kier alpha value is -2.68. The minimum Gasteiger partial charge on any atom is -0.370 e. The van der Waals surface area contributed by atoms with Crippen molar-refractivity contribution in [2.75, 3.05) is 29.9 Å². The quantitative estimate of drug-likeness (QED) is 0.932. The van der Waals surface area contributed by atoms with Crippen molar-refractivity contribution in [3.8, 4) is 6.07 Å². The number of nitriles is 1. The minimum absolute atomic E-state index is 0.502. The highest BCUT2D eigenvalue weighted by atomic mass is 15.3. The lowest BCUT2D eigenvalue weighted by Gasteiger charge is -2.19. The second-order valence-corrected chi connectivity index (χ2v) is 6.37. The van der Waals surface area contributed by atoms with Crippen LogP contribution < -0.4 is 10.2 Å². The van der Waals surface area contributed by atoms with Gasteiger partial charge in [-0.3, -0.25) is 0 Å². The van der Waals surface area contributed by atoms with Gasteiger partial charge >= 0.3 is 0 Å². The smallest absolute Gasteiger partial charge is 0.169 e. The number of pyridine rings is 1. The van der Waals surface area contributed by atoms with E-state index in [4.69, 9.17) is 0 Å². The molecule has 6 nitrogen and oxygen atoms in total. The van der Waals surface area contributed by atoms with E-state index in [0.717, 1.165) is 54.6 Å². The van der Waals surface area contributed by atoms with Gasteiger partial charge in [0.1, 0.15) is 17.5 Å². The van der Waals surface area contributed by atoms with E-state index >= 15 is 0 Å². The Kier molecular flexibility index (Phi) is 4.61. The van der Waals surface area contributed by atoms with Gasteiger partial charge < -0.3 is 10.2 Å². The number of nitrogens with zero attached hydrogens (tertiary/aromatic N) is 5. The van der Waals surface area contributed by atoms with Crippen molar-refractivity contribution < 1.29 is 0 Å². The van der Waals surface area contributed by atoms with Gasteiger partial charge in [0.2, 0.25) is 0 Å². The molecule has 1 aliphatic rings. The highest BCUT2D eigenvalue weighted by Gasteiger charge is 2.26. The van der Waals surface area contributed by atoms with E-state index in [2.05, 4.69) is 31.5 Å². The van der Waals surface area contributed by atoms with E-state index in [0.29, 0.717) is 11.5 Å². The second kappa shape index (κ2) is 6.83. The summed E-state index contributed by atoms with van der Waals surface area (Å²) in [7, 11) is 0. The molecule has 124 valence electrons. The zero-order valence-corrected chi connectivity index (χ0v) is 14.4.